The quantitative estimate of drug-likeness (QED) is 0.836. The number of rotatable bonds is 5. The van der Waals surface area contributed by atoms with E-state index in [1.54, 1.807) is 0 Å². The zero-order valence-corrected chi connectivity index (χ0v) is 13.5. The van der Waals surface area contributed by atoms with Crippen molar-refractivity contribution in [2.75, 3.05) is 17.2 Å². The molecule has 0 bridgehead atoms. The molecule has 0 heterocycles. The summed E-state index contributed by atoms with van der Waals surface area (Å²) in [6.07, 6.45) is -3.72. The van der Waals surface area contributed by atoms with Crippen LogP contribution in [0.3, 0.4) is 0 Å². The van der Waals surface area contributed by atoms with Gasteiger partial charge in [0.1, 0.15) is 0 Å². The number of amides is 1. The number of aryl methyl sites for hydroxylation is 2. The molecule has 128 valence electrons. The molecule has 6 heteroatoms. The fourth-order valence-corrected chi connectivity index (χ4v) is 2.48. The smallest absolute Gasteiger partial charge is 0.376 e. The van der Waals surface area contributed by atoms with Crippen LogP contribution in [0.2, 0.25) is 0 Å². The highest BCUT2D eigenvalue weighted by molar-refractivity contribution is 5.94. The first-order chi connectivity index (χ1) is 11.3. The van der Waals surface area contributed by atoms with E-state index in [0.29, 0.717) is 0 Å². The van der Waals surface area contributed by atoms with Crippen molar-refractivity contribution in [1.82, 2.24) is 0 Å². The molecule has 0 spiro atoms. The van der Waals surface area contributed by atoms with E-state index >= 15 is 0 Å². The van der Waals surface area contributed by atoms with Gasteiger partial charge in [-0.25, -0.2) is 0 Å². The minimum absolute atomic E-state index is 0.107. The molecule has 0 saturated heterocycles. The Morgan fingerprint density at radius 3 is 2.46 bits per heavy atom. The lowest BCUT2D eigenvalue weighted by atomic mass is 10.1. The molecule has 3 nitrogen and oxygen atoms in total. The van der Waals surface area contributed by atoms with Crippen molar-refractivity contribution in [2.24, 2.45) is 0 Å². The standard InChI is InChI=1S/C18H19F3N2O/c1-3-13-8-6-7-12(2)17(13)22-11-16(24)23-15-10-5-4-9-14(15)18(19,20)21/h4-10,22H,3,11H2,1-2H3,(H,23,24). The van der Waals surface area contributed by atoms with Gasteiger partial charge in [-0.1, -0.05) is 37.3 Å². The lowest BCUT2D eigenvalue weighted by Crippen LogP contribution is -2.24. The Kier molecular flexibility index (Phi) is 5.49. The van der Waals surface area contributed by atoms with E-state index in [1.807, 2.05) is 32.0 Å². The lowest BCUT2D eigenvalue weighted by Gasteiger charge is -2.16. The monoisotopic (exact) mass is 336 g/mol. The van der Waals surface area contributed by atoms with Gasteiger partial charge < -0.3 is 10.6 Å². The van der Waals surface area contributed by atoms with Crippen LogP contribution >= 0.6 is 0 Å². The van der Waals surface area contributed by atoms with Crippen LogP contribution < -0.4 is 10.6 Å². The van der Waals surface area contributed by atoms with Crippen molar-refractivity contribution in [2.45, 2.75) is 26.4 Å². The fraction of sp³-hybridized carbons (Fsp3) is 0.278. The summed E-state index contributed by atoms with van der Waals surface area (Å²) in [5.41, 5.74) is 1.79. The minimum Gasteiger partial charge on any atom is -0.376 e. The molecule has 2 aromatic rings. The molecule has 2 aromatic carbocycles. The number of nitrogens with one attached hydrogen (secondary N) is 2. The minimum atomic E-state index is -4.51. The van der Waals surface area contributed by atoms with Crippen LogP contribution in [0, 0.1) is 6.92 Å². The van der Waals surface area contributed by atoms with E-state index in [0.717, 1.165) is 29.3 Å². The number of para-hydroxylation sites is 2. The SMILES string of the molecule is CCc1cccc(C)c1NCC(=O)Nc1ccccc1C(F)(F)F. The summed E-state index contributed by atoms with van der Waals surface area (Å²) in [7, 11) is 0. The molecule has 24 heavy (non-hydrogen) atoms. The van der Waals surface area contributed by atoms with Gasteiger partial charge in [-0.2, -0.15) is 13.2 Å². The van der Waals surface area contributed by atoms with Crippen LogP contribution in [-0.4, -0.2) is 12.5 Å². The van der Waals surface area contributed by atoms with E-state index in [-0.39, 0.29) is 12.2 Å². The number of hydrogen-bond acceptors (Lipinski definition) is 2. The molecule has 0 aliphatic rings. The highest BCUT2D eigenvalue weighted by atomic mass is 19.4. The first-order valence-corrected chi connectivity index (χ1v) is 7.61. The van der Waals surface area contributed by atoms with E-state index in [4.69, 9.17) is 0 Å². The molecular formula is C18H19F3N2O. The summed E-state index contributed by atoms with van der Waals surface area (Å²) in [5.74, 6) is -0.531. The van der Waals surface area contributed by atoms with Crippen molar-refractivity contribution in [1.29, 1.82) is 0 Å². The van der Waals surface area contributed by atoms with Gasteiger partial charge in [0.2, 0.25) is 5.91 Å². The molecule has 0 aliphatic heterocycles. The van der Waals surface area contributed by atoms with Gasteiger partial charge in [0.15, 0.2) is 0 Å². The van der Waals surface area contributed by atoms with Gasteiger partial charge in [0.25, 0.3) is 0 Å². The third-order valence-corrected chi connectivity index (χ3v) is 3.67. The number of hydrogen-bond donors (Lipinski definition) is 2. The van der Waals surface area contributed by atoms with Gasteiger partial charge in [0, 0.05) is 5.69 Å². The predicted octanol–water partition coefficient (Wildman–Crippen LogP) is 4.63. The molecule has 1 amide bonds. The second-order valence-corrected chi connectivity index (χ2v) is 5.41. The number of benzene rings is 2. The average molecular weight is 336 g/mol. The van der Waals surface area contributed by atoms with E-state index < -0.39 is 17.6 Å². The number of alkyl halides is 3. The maximum absolute atomic E-state index is 12.9. The second-order valence-electron chi connectivity index (χ2n) is 5.41. The highest BCUT2D eigenvalue weighted by Crippen LogP contribution is 2.34. The Bertz CT molecular complexity index is 726. The summed E-state index contributed by atoms with van der Waals surface area (Å²) in [6, 6.07) is 10.7. The summed E-state index contributed by atoms with van der Waals surface area (Å²) in [5, 5.41) is 5.34. The van der Waals surface area contributed by atoms with Crippen LogP contribution in [-0.2, 0) is 17.4 Å². The second kappa shape index (κ2) is 7.38. The van der Waals surface area contributed by atoms with Crippen LogP contribution in [0.15, 0.2) is 42.5 Å². The predicted molar refractivity (Wildman–Crippen MR) is 89.1 cm³/mol. The van der Waals surface area contributed by atoms with Crippen LogP contribution in [0.1, 0.15) is 23.6 Å². The third kappa shape index (κ3) is 4.28. The first-order valence-electron chi connectivity index (χ1n) is 7.61. The topological polar surface area (TPSA) is 41.1 Å². The van der Waals surface area contributed by atoms with Crippen molar-refractivity contribution < 1.29 is 18.0 Å². The Morgan fingerprint density at radius 1 is 1.08 bits per heavy atom. The maximum atomic E-state index is 12.9. The summed E-state index contributed by atoms with van der Waals surface area (Å²) >= 11 is 0. The van der Waals surface area contributed by atoms with E-state index in [9.17, 15) is 18.0 Å². The van der Waals surface area contributed by atoms with Crippen molar-refractivity contribution in [3.63, 3.8) is 0 Å². The molecule has 0 aromatic heterocycles. The van der Waals surface area contributed by atoms with Gasteiger partial charge in [0.05, 0.1) is 17.8 Å². The molecule has 2 N–H and O–H groups in total. The molecule has 0 unspecified atom stereocenters. The Labute approximate surface area is 138 Å². The highest BCUT2D eigenvalue weighted by Gasteiger charge is 2.33. The number of anilines is 2. The van der Waals surface area contributed by atoms with Crippen LogP contribution in [0.5, 0.6) is 0 Å². The van der Waals surface area contributed by atoms with Gasteiger partial charge in [-0.15, -0.1) is 0 Å². The van der Waals surface area contributed by atoms with Crippen molar-refractivity contribution >= 4 is 17.3 Å². The molecule has 0 radical (unpaired) electrons. The number of carbonyl (C=O) groups excluding carboxylic acids is 1. The zero-order chi connectivity index (χ0) is 17.7. The third-order valence-electron chi connectivity index (χ3n) is 3.67. The van der Waals surface area contributed by atoms with Gasteiger partial charge in [-0.3, -0.25) is 4.79 Å². The molecule has 0 aliphatic carbocycles. The maximum Gasteiger partial charge on any atom is 0.418 e. The lowest BCUT2D eigenvalue weighted by molar-refractivity contribution is -0.137. The summed E-state index contributed by atoms with van der Waals surface area (Å²) in [6.45, 7) is 3.81. The molecule has 0 saturated carbocycles. The molecule has 0 fully saturated rings. The Hall–Kier alpha value is -2.50. The van der Waals surface area contributed by atoms with Crippen molar-refractivity contribution in [3.05, 3.63) is 59.2 Å². The molecule has 0 atom stereocenters. The summed E-state index contributed by atoms with van der Waals surface area (Å²) in [4.78, 5) is 12.0. The molecular weight excluding hydrogens is 317 g/mol. The van der Waals surface area contributed by atoms with E-state index in [1.165, 1.54) is 18.2 Å². The largest absolute Gasteiger partial charge is 0.418 e. The fourth-order valence-electron chi connectivity index (χ4n) is 2.48. The first kappa shape index (κ1) is 17.8. The number of carbonyl (C=O) groups is 1. The zero-order valence-electron chi connectivity index (χ0n) is 13.5. The van der Waals surface area contributed by atoms with Gasteiger partial charge >= 0.3 is 6.18 Å². The average Bonchev–Trinajstić information content (AvgIpc) is 2.53. The Balaban J connectivity index is 2.08. The van der Waals surface area contributed by atoms with Crippen LogP contribution in [0.4, 0.5) is 24.5 Å². The number of halogens is 3. The molecule has 2 rings (SSSR count). The summed E-state index contributed by atoms with van der Waals surface area (Å²) < 4.78 is 38.8. The van der Waals surface area contributed by atoms with Gasteiger partial charge in [-0.05, 0) is 36.6 Å². The van der Waals surface area contributed by atoms with Crippen molar-refractivity contribution in [3.8, 4) is 0 Å². The van der Waals surface area contributed by atoms with Crippen LogP contribution in [0.25, 0.3) is 0 Å². The normalized spacial score (nSPS) is 11.2. The Morgan fingerprint density at radius 2 is 1.79 bits per heavy atom. The van der Waals surface area contributed by atoms with E-state index in [2.05, 4.69) is 10.6 Å².